The van der Waals surface area contributed by atoms with Crippen LogP contribution < -0.4 is 9.80 Å². The number of fused-ring (bicyclic) bond motifs is 5. The molecular weight excluding hydrogens is 418 g/mol. The van der Waals surface area contributed by atoms with Crippen molar-refractivity contribution >= 4 is 37.6 Å². The molecule has 6 rings (SSSR count). The summed E-state index contributed by atoms with van der Waals surface area (Å²) in [6.45, 7) is 9.23. The van der Waals surface area contributed by atoms with Crippen LogP contribution in [0.1, 0.15) is 25.0 Å². The summed E-state index contributed by atoms with van der Waals surface area (Å²) >= 11 is 1.74. The molecule has 164 valence electrons. The molecular formula is C25H28N5OS+. The second-order valence-electron chi connectivity index (χ2n) is 9.61. The Kier molecular flexibility index (Phi) is 4.68. The third-order valence-electron chi connectivity index (χ3n) is 6.77. The number of aromatic nitrogens is 3. The van der Waals surface area contributed by atoms with E-state index in [2.05, 4.69) is 50.1 Å². The van der Waals surface area contributed by atoms with E-state index in [1.54, 1.807) is 22.6 Å². The monoisotopic (exact) mass is 446 g/mol. The van der Waals surface area contributed by atoms with Gasteiger partial charge in [-0.1, -0.05) is 30.3 Å². The third-order valence-corrected chi connectivity index (χ3v) is 7.84. The van der Waals surface area contributed by atoms with Gasteiger partial charge in [-0.05, 0) is 19.4 Å². The number of rotatable bonds is 2. The topological polar surface area (TPSA) is 55.6 Å². The molecule has 0 amide bonds. The molecule has 6 nitrogen and oxygen atoms in total. The SMILES string of the molecule is C[NH+]1CCN(c2ncnc3c2sc2nc(-c4ccccc4)c4c(c23)CC(C)(C)OC4)CC1. The van der Waals surface area contributed by atoms with E-state index in [9.17, 15) is 0 Å². The van der Waals surface area contributed by atoms with E-state index in [-0.39, 0.29) is 5.60 Å². The van der Waals surface area contributed by atoms with Crippen LogP contribution in [0, 0.1) is 0 Å². The number of hydrogen-bond acceptors (Lipinski definition) is 6. The lowest BCUT2D eigenvalue weighted by atomic mass is 9.88. The van der Waals surface area contributed by atoms with E-state index >= 15 is 0 Å². The number of hydrogen-bond donors (Lipinski definition) is 1. The first-order valence-corrected chi connectivity index (χ1v) is 12.2. The van der Waals surface area contributed by atoms with Crippen LogP contribution in [-0.4, -0.2) is 53.8 Å². The predicted molar refractivity (Wildman–Crippen MR) is 130 cm³/mol. The summed E-state index contributed by atoms with van der Waals surface area (Å²) < 4.78 is 7.40. The third kappa shape index (κ3) is 3.27. The zero-order valence-corrected chi connectivity index (χ0v) is 19.6. The van der Waals surface area contributed by atoms with E-state index in [0.29, 0.717) is 6.61 Å². The Hall–Kier alpha value is -2.61. The smallest absolute Gasteiger partial charge is 0.150 e. The van der Waals surface area contributed by atoms with Crippen LogP contribution >= 0.6 is 11.3 Å². The summed E-state index contributed by atoms with van der Waals surface area (Å²) in [5.74, 6) is 1.06. The Morgan fingerprint density at radius 2 is 1.84 bits per heavy atom. The lowest BCUT2D eigenvalue weighted by molar-refractivity contribution is -0.880. The van der Waals surface area contributed by atoms with Gasteiger partial charge in [0.1, 0.15) is 11.2 Å². The van der Waals surface area contributed by atoms with Crippen molar-refractivity contribution in [1.29, 1.82) is 0 Å². The lowest BCUT2D eigenvalue weighted by Crippen LogP contribution is -3.12. The quantitative estimate of drug-likeness (QED) is 0.513. The molecule has 0 spiro atoms. The molecule has 0 atom stereocenters. The molecule has 1 N–H and O–H groups in total. The fourth-order valence-corrected chi connectivity index (χ4v) is 6.13. The Morgan fingerprint density at radius 1 is 1.06 bits per heavy atom. The van der Waals surface area contributed by atoms with Gasteiger partial charge in [0, 0.05) is 22.9 Å². The minimum absolute atomic E-state index is 0.209. The molecule has 0 aliphatic carbocycles. The number of nitrogens with one attached hydrogen (secondary N) is 1. The summed E-state index contributed by atoms with van der Waals surface area (Å²) in [7, 11) is 2.26. The van der Waals surface area contributed by atoms with Gasteiger partial charge in [-0.25, -0.2) is 15.0 Å². The number of likely N-dealkylation sites (N-methyl/N-ethyl adjacent to an activating group) is 1. The highest BCUT2D eigenvalue weighted by Crippen LogP contribution is 2.44. The second-order valence-corrected chi connectivity index (χ2v) is 10.6. The first-order chi connectivity index (χ1) is 15.5. The summed E-state index contributed by atoms with van der Waals surface area (Å²) in [6, 6.07) is 10.5. The Morgan fingerprint density at radius 3 is 2.62 bits per heavy atom. The zero-order chi connectivity index (χ0) is 21.9. The van der Waals surface area contributed by atoms with Gasteiger partial charge in [-0.15, -0.1) is 11.3 Å². The van der Waals surface area contributed by atoms with Gasteiger partial charge in [0.05, 0.1) is 61.3 Å². The van der Waals surface area contributed by atoms with Gasteiger partial charge in [-0.3, -0.25) is 0 Å². The molecule has 0 bridgehead atoms. The minimum atomic E-state index is -0.209. The van der Waals surface area contributed by atoms with Crippen molar-refractivity contribution in [3.8, 4) is 11.3 Å². The van der Waals surface area contributed by atoms with Crippen molar-refractivity contribution < 1.29 is 9.64 Å². The summed E-state index contributed by atoms with van der Waals surface area (Å²) in [4.78, 5) is 19.8. The highest BCUT2D eigenvalue weighted by Gasteiger charge is 2.32. The number of ether oxygens (including phenoxy) is 1. The van der Waals surface area contributed by atoms with Gasteiger partial charge in [0.15, 0.2) is 5.82 Å². The van der Waals surface area contributed by atoms with Crippen LogP contribution in [0.25, 0.3) is 31.7 Å². The summed E-state index contributed by atoms with van der Waals surface area (Å²) in [5.41, 5.74) is 5.55. The molecule has 3 aromatic heterocycles. The van der Waals surface area contributed by atoms with Gasteiger partial charge >= 0.3 is 0 Å². The van der Waals surface area contributed by atoms with Crippen molar-refractivity contribution in [2.75, 3.05) is 38.1 Å². The standard InChI is InChI=1S/C25H27N5OS/c1-25(2)13-17-18(14-31-25)20(16-7-5-4-6-8-16)28-24-19(17)21-22(32-24)23(27-15-26-21)30-11-9-29(3)10-12-30/h4-8,15H,9-14H2,1-3H3/p+1. The van der Waals surface area contributed by atoms with Gasteiger partial charge in [-0.2, -0.15) is 0 Å². The van der Waals surface area contributed by atoms with Crippen LogP contribution in [-0.2, 0) is 17.8 Å². The van der Waals surface area contributed by atoms with E-state index in [1.807, 2.05) is 6.07 Å². The first-order valence-electron chi connectivity index (χ1n) is 11.3. The number of piperazine rings is 1. The number of nitrogens with zero attached hydrogens (tertiary/aromatic N) is 4. The van der Waals surface area contributed by atoms with Gasteiger partial charge in [0.25, 0.3) is 0 Å². The Labute approximate surface area is 191 Å². The van der Waals surface area contributed by atoms with Crippen LogP contribution in [0.5, 0.6) is 0 Å². The van der Waals surface area contributed by atoms with E-state index in [1.165, 1.54) is 16.5 Å². The molecule has 2 aliphatic rings. The molecule has 1 fully saturated rings. The van der Waals surface area contributed by atoms with Crippen molar-refractivity contribution in [2.24, 2.45) is 0 Å². The Balaban J connectivity index is 1.61. The normalized spacial score (nSPS) is 18.9. The maximum absolute atomic E-state index is 6.24. The minimum Gasteiger partial charge on any atom is -0.370 e. The first kappa shape index (κ1) is 20.0. The molecule has 0 radical (unpaired) electrons. The lowest BCUT2D eigenvalue weighted by Gasteiger charge is -2.33. The molecule has 2 aliphatic heterocycles. The average molecular weight is 447 g/mol. The summed E-state index contributed by atoms with van der Waals surface area (Å²) in [6.07, 6.45) is 2.58. The van der Waals surface area contributed by atoms with Crippen LogP contribution in [0.3, 0.4) is 0 Å². The van der Waals surface area contributed by atoms with Crippen LogP contribution in [0.2, 0.25) is 0 Å². The highest BCUT2D eigenvalue weighted by atomic mass is 32.1. The molecule has 0 saturated carbocycles. The van der Waals surface area contributed by atoms with Crippen molar-refractivity contribution in [3.63, 3.8) is 0 Å². The maximum atomic E-state index is 6.24. The molecule has 0 unspecified atom stereocenters. The molecule has 1 aromatic carbocycles. The number of benzene rings is 1. The average Bonchev–Trinajstić information content (AvgIpc) is 3.18. The van der Waals surface area contributed by atoms with Gasteiger partial charge in [0.2, 0.25) is 0 Å². The van der Waals surface area contributed by atoms with Gasteiger partial charge < -0.3 is 14.5 Å². The molecule has 1 saturated heterocycles. The number of anilines is 1. The predicted octanol–water partition coefficient (Wildman–Crippen LogP) is 3.09. The highest BCUT2D eigenvalue weighted by molar-refractivity contribution is 7.26. The van der Waals surface area contributed by atoms with Crippen LogP contribution in [0.15, 0.2) is 36.7 Å². The van der Waals surface area contributed by atoms with E-state index < -0.39 is 0 Å². The molecule has 4 aromatic rings. The molecule has 32 heavy (non-hydrogen) atoms. The van der Waals surface area contributed by atoms with E-state index in [0.717, 1.165) is 64.7 Å². The Bertz CT molecular complexity index is 1310. The van der Waals surface area contributed by atoms with Crippen molar-refractivity contribution in [1.82, 2.24) is 15.0 Å². The fraction of sp³-hybridized carbons (Fsp3) is 0.400. The molecule has 7 heteroatoms. The summed E-state index contributed by atoms with van der Waals surface area (Å²) in [5, 5.41) is 1.19. The van der Waals surface area contributed by atoms with Crippen molar-refractivity contribution in [2.45, 2.75) is 32.5 Å². The second kappa shape index (κ2) is 7.47. The van der Waals surface area contributed by atoms with E-state index in [4.69, 9.17) is 19.7 Å². The maximum Gasteiger partial charge on any atom is 0.150 e. The number of thiophene rings is 1. The van der Waals surface area contributed by atoms with Crippen LogP contribution in [0.4, 0.5) is 5.82 Å². The number of quaternary nitrogens is 1. The molecule has 5 heterocycles. The zero-order valence-electron chi connectivity index (χ0n) is 18.8. The van der Waals surface area contributed by atoms with Crippen molar-refractivity contribution in [3.05, 3.63) is 47.8 Å². The largest absolute Gasteiger partial charge is 0.370 e. The fourth-order valence-electron chi connectivity index (χ4n) is 4.95. The number of pyridine rings is 1.